The van der Waals surface area contributed by atoms with Crippen LogP contribution in [-0.4, -0.2) is 24.1 Å². The summed E-state index contributed by atoms with van der Waals surface area (Å²) >= 11 is 0. The van der Waals surface area contributed by atoms with Crippen molar-refractivity contribution in [1.29, 1.82) is 0 Å². The Hall–Kier alpha value is -1.55. The predicted molar refractivity (Wildman–Crippen MR) is 67.9 cm³/mol. The van der Waals surface area contributed by atoms with Crippen LogP contribution in [0.1, 0.15) is 31.0 Å². The van der Waals surface area contributed by atoms with Gasteiger partial charge in [0.1, 0.15) is 5.75 Å². The summed E-state index contributed by atoms with van der Waals surface area (Å²) in [5.41, 5.74) is 1.91. The summed E-state index contributed by atoms with van der Waals surface area (Å²) in [5, 5.41) is 15.7. The molecule has 0 aliphatic heterocycles. The lowest BCUT2D eigenvalue weighted by Crippen LogP contribution is -2.31. The maximum Gasteiger partial charge on any atom is 0.216 e. The molecule has 17 heavy (non-hydrogen) atoms. The molecule has 0 heterocycles. The van der Waals surface area contributed by atoms with Gasteiger partial charge in [-0.1, -0.05) is 12.1 Å². The molecule has 3 N–H and O–H groups in total. The Balaban J connectivity index is 2.46. The number of aryl methyl sites for hydroxylation is 1. The van der Waals surface area contributed by atoms with Crippen molar-refractivity contribution in [3.8, 4) is 5.75 Å². The van der Waals surface area contributed by atoms with Gasteiger partial charge in [-0.2, -0.15) is 0 Å². The van der Waals surface area contributed by atoms with Gasteiger partial charge in [-0.05, 0) is 25.5 Å². The average Bonchev–Trinajstić information content (AvgIpc) is 2.23. The molecular weight excluding hydrogens is 216 g/mol. The highest BCUT2D eigenvalue weighted by molar-refractivity contribution is 5.72. The Labute approximate surface area is 102 Å². The lowest BCUT2D eigenvalue weighted by molar-refractivity contribution is -0.118. The summed E-state index contributed by atoms with van der Waals surface area (Å²) in [5.74, 6) is 0.280. The Kier molecular flexibility index (Phi) is 4.97. The van der Waals surface area contributed by atoms with E-state index in [9.17, 15) is 9.90 Å². The van der Waals surface area contributed by atoms with Gasteiger partial charge in [-0.15, -0.1) is 0 Å². The average molecular weight is 236 g/mol. The van der Waals surface area contributed by atoms with E-state index in [4.69, 9.17) is 0 Å². The number of phenolic OH excluding ortho intramolecular Hbond substituents is 1. The van der Waals surface area contributed by atoms with Crippen molar-refractivity contribution in [1.82, 2.24) is 10.6 Å². The molecule has 94 valence electrons. The lowest BCUT2D eigenvalue weighted by Gasteiger charge is -2.16. The van der Waals surface area contributed by atoms with Crippen LogP contribution in [0.15, 0.2) is 18.2 Å². The van der Waals surface area contributed by atoms with Crippen LogP contribution in [-0.2, 0) is 4.79 Å². The number of hydrogen-bond donors (Lipinski definition) is 3. The zero-order chi connectivity index (χ0) is 12.8. The van der Waals surface area contributed by atoms with Gasteiger partial charge in [-0.25, -0.2) is 0 Å². The number of nitrogens with one attached hydrogen (secondary N) is 2. The largest absolute Gasteiger partial charge is 0.508 e. The molecule has 0 spiro atoms. The van der Waals surface area contributed by atoms with E-state index in [1.807, 2.05) is 26.0 Å². The minimum absolute atomic E-state index is 0.0300. The Morgan fingerprint density at radius 2 is 2.12 bits per heavy atom. The number of rotatable bonds is 5. The smallest absolute Gasteiger partial charge is 0.216 e. The molecule has 0 saturated heterocycles. The highest BCUT2D eigenvalue weighted by atomic mass is 16.3. The maximum absolute atomic E-state index is 10.7. The molecule has 1 aromatic carbocycles. The topological polar surface area (TPSA) is 61.4 Å². The Morgan fingerprint density at radius 1 is 1.41 bits per heavy atom. The molecule has 1 atom stereocenters. The van der Waals surface area contributed by atoms with Crippen LogP contribution >= 0.6 is 0 Å². The summed E-state index contributed by atoms with van der Waals surface area (Å²) in [6.45, 7) is 6.69. The highest BCUT2D eigenvalue weighted by Gasteiger charge is 2.09. The zero-order valence-corrected chi connectivity index (χ0v) is 10.6. The van der Waals surface area contributed by atoms with Crippen molar-refractivity contribution >= 4 is 5.91 Å². The number of amides is 1. The molecule has 0 bridgehead atoms. The van der Waals surface area contributed by atoms with E-state index < -0.39 is 0 Å². The molecule has 4 nitrogen and oxygen atoms in total. The third-order valence-corrected chi connectivity index (χ3v) is 2.60. The van der Waals surface area contributed by atoms with Crippen LogP contribution < -0.4 is 10.6 Å². The molecular formula is C13H20N2O2. The molecule has 0 aliphatic carbocycles. The fourth-order valence-corrected chi connectivity index (χ4v) is 1.66. The number of benzene rings is 1. The van der Waals surface area contributed by atoms with Crippen molar-refractivity contribution in [2.45, 2.75) is 26.8 Å². The minimum atomic E-state index is -0.0300. The van der Waals surface area contributed by atoms with Crippen LogP contribution in [0.2, 0.25) is 0 Å². The SMILES string of the molecule is CC(=O)NCCNC(C)c1ccc(C)cc1O. The quantitative estimate of drug-likeness (QED) is 0.679. The van der Waals surface area contributed by atoms with Crippen molar-refractivity contribution in [3.63, 3.8) is 0 Å². The number of hydrogen-bond acceptors (Lipinski definition) is 3. The summed E-state index contributed by atoms with van der Waals surface area (Å²) in [7, 11) is 0. The monoisotopic (exact) mass is 236 g/mol. The van der Waals surface area contributed by atoms with E-state index in [1.54, 1.807) is 6.07 Å². The number of phenols is 1. The Bertz CT molecular complexity index is 391. The predicted octanol–water partition coefficient (Wildman–Crippen LogP) is 1.49. The minimum Gasteiger partial charge on any atom is -0.508 e. The summed E-state index contributed by atoms with van der Waals surface area (Å²) < 4.78 is 0. The van der Waals surface area contributed by atoms with E-state index in [0.717, 1.165) is 11.1 Å². The molecule has 0 fully saturated rings. The third kappa shape index (κ3) is 4.44. The first-order valence-corrected chi connectivity index (χ1v) is 5.78. The summed E-state index contributed by atoms with van der Waals surface area (Å²) in [4.78, 5) is 10.7. The summed E-state index contributed by atoms with van der Waals surface area (Å²) in [6, 6.07) is 5.70. The van der Waals surface area contributed by atoms with E-state index in [2.05, 4.69) is 10.6 Å². The molecule has 0 aliphatic rings. The van der Waals surface area contributed by atoms with Gasteiger partial charge in [0.2, 0.25) is 5.91 Å². The van der Waals surface area contributed by atoms with Crippen LogP contribution in [0.4, 0.5) is 0 Å². The molecule has 4 heteroatoms. The van der Waals surface area contributed by atoms with E-state index in [0.29, 0.717) is 18.8 Å². The van der Waals surface area contributed by atoms with Gasteiger partial charge < -0.3 is 15.7 Å². The standard InChI is InChI=1S/C13H20N2O2/c1-9-4-5-12(13(17)8-9)10(2)14-6-7-15-11(3)16/h4-5,8,10,14,17H,6-7H2,1-3H3,(H,15,16). The normalized spacial score (nSPS) is 12.2. The van der Waals surface area contributed by atoms with Crippen LogP contribution in [0.3, 0.4) is 0 Å². The van der Waals surface area contributed by atoms with Crippen molar-refractivity contribution in [2.75, 3.05) is 13.1 Å². The van der Waals surface area contributed by atoms with Crippen LogP contribution in [0, 0.1) is 6.92 Å². The van der Waals surface area contributed by atoms with Gasteiger partial charge in [0, 0.05) is 31.6 Å². The van der Waals surface area contributed by atoms with Gasteiger partial charge in [-0.3, -0.25) is 4.79 Å². The molecule has 0 radical (unpaired) electrons. The molecule has 1 rings (SSSR count). The van der Waals surface area contributed by atoms with Gasteiger partial charge in [0.25, 0.3) is 0 Å². The molecule has 1 aromatic rings. The van der Waals surface area contributed by atoms with Crippen LogP contribution in [0.25, 0.3) is 0 Å². The fraction of sp³-hybridized carbons (Fsp3) is 0.462. The second-order valence-corrected chi connectivity index (χ2v) is 4.22. The fourth-order valence-electron chi connectivity index (χ4n) is 1.66. The highest BCUT2D eigenvalue weighted by Crippen LogP contribution is 2.24. The van der Waals surface area contributed by atoms with E-state index >= 15 is 0 Å². The molecule has 1 amide bonds. The zero-order valence-electron chi connectivity index (χ0n) is 10.6. The first-order chi connectivity index (χ1) is 8.00. The van der Waals surface area contributed by atoms with Crippen molar-refractivity contribution in [3.05, 3.63) is 29.3 Å². The van der Waals surface area contributed by atoms with Gasteiger partial charge in [0.05, 0.1) is 0 Å². The Morgan fingerprint density at radius 3 is 2.71 bits per heavy atom. The molecule has 1 unspecified atom stereocenters. The first-order valence-electron chi connectivity index (χ1n) is 5.78. The van der Waals surface area contributed by atoms with Crippen molar-refractivity contribution < 1.29 is 9.90 Å². The van der Waals surface area contributed by atoms with Crippen LogP contribution in [0.5, 0.6) is 5.75 Å². The first kappa shape index (κ1) is 13.5. The van der Waals surface area contributed by atoms with Gasteiger partial charge in [0.15, 0.2) is 0 Å². The van der Waals surface area contributed by atoms with E-state index in [-0.39, 0.29) is 11.9 Å². The second kappa shape index (κ2) is 6.25. The molecule has 0 aromatic heterocycles. The summed E-state index contributed by atoms with van der Waals surface area (Å²) in [6.07, 6.45) is 0. The van der Waals surface area contributed by atoms with Gasteiger partial charge >= 0.3 is 0 Å². The number of carbonyl (C=O) groups is 1. The maximum atomic E-state index is 10.7. The second-order valence-electron chi connectivity index (χ2n) is 4.22. The molecule has 0 saturated carbocycles. The number of carbonyl (C=O) groups excluding carboxylic acids is 1. The number of aromatic hydroxyl groups is 1. The van der Waals surface area contributed by atoms with Crippen molar-refractivity contribution in [2.24, 2.45) is 0 Å². The lowest BCUT2D eigenvalue weighted by atomic mass is 10.1. The third-order valence-electron chi connectivity index (χ3n) is 2.60. The van der Waals surface area contributed by atoms with E-state index in [1.165, 1.54) is 6.92 Å².